The summed E-state index contributed by atoms with van der Waals surface area (Å²) in [7, 11) is 0. The van der Waals surface area contributed by atoms with Crippen molar-refractivity contribution in [1.82, 2.24) is 4.57 Å². The van der Waals surface area contributed by atoms with Crippen LogP contribution in [-0.4, -0.2) is 29.5 Å². The van der Waals surface area contributed by atoms with Gasteiger partial charge in [0.2, 0.25) is 0 Å². The first-order chi connectivity index (χ1) is 7.15. The SMILES string of the molecule is O=c1c(Br)cc(Br)cn1CCOCCO. The zero-order valence-corrected chi connectivity index (χ0v) is 11.1. The van der Waals surface area contributed by atoms with E-state index in [2.05, 4.69) is 31.9 Å². The Kier molecular flexibility index (Phi) is 5.52. The fourth-order valence-electron chi connectivity index (χ4n) is 1.06. The second kappa shape index (κ2) is 6.42. The Morgan fingerprint density at radius 2 is 2.13 bits per heavy atom. The van der Waals surface area contributed by atoms with Crippen molar-refractivity contribution in [3.05, 3.63) is 31.6 Å². The van der Waals surface area contributed by atoms with Gasteiger partial charge in [0.05, 0.1) is 24.3 Å². The molecule has 0 aromatic carbocycles. The van der Waals surface area contributed by atoms with Crippen LogP contribution in [0.15, 0.2) is 26.0 Å². The van der Waals surface area contributed by atoms with Crippen LogP contribution in [0.4, 0.5) is 0 Å². The Labute approximate surface area is 104 Å². The van der Waals surface area contributed by atoms with Gasteiger partial charge in [-0.05, 0) is 37.9 Å². The van der Waals surface area contributed by atoms with Crippen LogP contribution < -0.4 is 5.56 Å². The minimum Gasteiger partial charge on any atom is -0.394 e. The molecule has 0 fully saturated rings. The topological polar surface area (TPSA) is 51.5 Å². The summed E-state index contributed by atoms with van der Waals surface area (Å²) in [5.74, 6) is 0. The van der Waals surface area contributed by atoms with Crippen molar-refractivity contribution < 1.29 is 9.84 Å². The second-order valence-electron chi connectivity index (χ2n) is 2.84. The summed E-state index contributed by atoms with van der Waals surface area (Å²) in [6.07, 6.45) is 1.70. The Hall–Kier alpha value is -0.170. The molecule has 0 radical (unpaired) electrons. The molecule has 6 heteroatoms. The third-order valence-corrected chi connectivity index (χ3v) is 2.72. The summed E-state index contributed by atoms with van der Waals surface area (Å²) in [6, 6.07) is 1.70. The van der Waals surface area contributed by atoms with E-state index in [-0.39, 0.29) is 12.2 Å². The number of aromatic nitrogens is 1. The fraction of sp³-hybridized carbons (Fsp3) is 0.444. The van der Waals surface area contributed by atoms with Gasteiger partial charge in [-0.2, -0.15) is 0 Å². The number of pyridine rings is 1. The van der Waals surface area contributed by atoms with Gasteiger partial charge < -0.3 is 14.4 Å². The van der Waals surface area contributed by atoms with Gasteiger partial charge >= 0.3 is 0 Å². The first kappa shape index (κ1) is 12.9. The standard InChI is InChI=1S/C9H11Br2NO3/c10-7-5-8(11)9(14)12(6-7)1-3-15-4-2-13/h5-6,13H,1-4H2. The second-order valence-corrected chi connectivity index (χ2v) is 4.61. The highest BCUT2D eigenvalue weighted by Crippen LogP contribution is 2.12. The molecule has 0 spiro atoms. The average Bonchev–Trinajstić information content (AvgIpc) is 2.19. The molecular weight excluding hydrogens is 330 g/mol. The molecule has 0 aliphatic carbocycles. The van der Waals surface area contributed by atoms with Crippen LogP contribution in [0.5, 0.6) is 0 Å². The van der Waals surface area contributed by atoms with E-state index in [0.717, 1.165) is 4.47 Å². The monoisotopic (exact) mass is 339 g/mol. The van der Waals surface area contributed by atoms with E-state index < -0.39 is 0 Å². The van der Waals surface area contributed by atoms with Crippen LogP contribution in [-0.2, 0) is 11.3 Å². The zero-order chi connectivity index (χ0) is 11.3. The van der Waals surface area contributed by atoms with Crippen LogP contribution in [0.1, 0.15) is 0 Å². The lowest BCUT2D eigenvalue weighted by molar-refractivity contribution is 0.0865. The Balaban J connectivity index is 2.64. The van der Waals surface area contributed by atoms with E-state index in [1.807, 2.05) is 0 Å². The van der Waals surface area contributed by atoms with E-state index in [0.29, 0.717) is 24.2 Å². The van der Waals surface area contributed by atoms with E-state index in [4.69, 9.17) is 9.84 Å². The van der Waals surface area contributed by atoms with Gasteiger partial charge in [0.15, 0.2) is 0 Å². The molecule has 1 rings (SSSR count). The number of rotatable bonds is 5. The summed E-state index contributed by atoms with van der Waals surface area (Å²) in [6.45, 7) is 1.17. The summed E-state index contributed by atoms with van der Waals surface area (Å²) >= 11 is 6.47. The molecule has 0 aliphatic heterocycles. The fourth-order valence-corrected chi connectivity index (χ4v) is 2.32. The lowest BCUT2D eigenvalue weighted by Crippen LogP contribution is -2.22. The largest absolute Gasteiger partial charge is 0.394 e. The van der Waals surface area contributed by atoms with E-state index in [1.165, 1.54) is 0 Å². The summed E-state index contributed by atoms with van der Waals surface area (Å²) in [4.78, 5) is 11.6. The van der Waals surface area contributed by atoms with Crippen LogP contribution in [0, 0.1) is 0 Å². The van der Waals surface area contributed by atoms with E-state index in [1.54, 1.807) is 16.8 Å². The highest BCUT2D eigenvalue weighted by atomic mass is 79.9. The van der Waals surface area contributed by atoms with Gasteiger partial charge in [-0.3, -0.25) is 4.79 Å². The minimum absolute atomic E-state index is 0.00290. The summed E-state index contributed by atoms with van der Waals surface area (Å²) < 4.78 is 7.97. The van der Waals surface area contributed by atoms with E-state index in [9.17, 15) is 4.79 Å². The molecule has 0 amide bonds. The minimum atomic E-state index is -0.0919. The summed E-state index contributed by atoms with van der Waals surface area (Å²) in [5, 5.41) is 8.50. The first-order valence-corrected chi connectivity index (χ1v) is 5.98. The van der Waals surface area contributed by atoms with Crippen molar-refractivity contribution in [2.24, 2.45) is 0 Å². The molecular formula is C9H11Br2NO3. The molecule has 0 aliphatic rings. The molecule has 1 heterocycles. The summed E-state index contributed by atoms with van der Waals surface area (Å²) in [5.41, 5.74) is -0.0919. The smallest absolute Gasteiger partial charge is 0.264 e. The number of halogens is 2. The van der Waals surface area contributed by atoms with Crippen LogP contribution in [0.3, 0.4) is 0 Å². The maximum absolute atomic E-state index is 11.6. The van der Waals surface area contributed by atoms with Crippen molar-refractivity contribution >= 4 is 31.9 Å². The first-order valence-electron chi connectivity index (χ1n) is 4.39. The normalized spacial score (nSPS) is 10.6. The van der Waals surface area contributed by atoms with Gasteiger partial charge in [0.1, 0.15) is 0 Å². The third-order valence-electron chi connectivity index (χ3n) is 1.72. The molecule has 0 unspecified atom stereocenters. The van der Waals surface area contributed by atoms with E-state index >= 15 is 0 Å². The zero-order valence-electron chi connectivity index (χ0n) is 7.95. The van der Waals surface area contributed by atoms with Crippen molar-refractivity contribution in [3.8, 4) is 0 Å². The molecule has 1 aromatic heterocycles. The van der Waals surface area contributed by atoms with Crippen LogP contribution >= 0.6 is 31.9 Å². The van der Waals surface area contributed by atoms with Gasteiger partial charge in [-0.1, -0.05) is 0 Å². The molecule has 4 nitrogen and oxygen atoms in total. The van der Waals surface area contributed by atoms with Gasteiger partial charge in [0.25, 0.3) is 5.56 Å². The van der Waals surface area contributed by atoms with Gasteiger partial charge in [0, 0.05) is 17.2 Å². The molecule has 0 saturated carbocycles. The molecule has 84 valence electrons. The van der Waals surface area contributed by atoms with Crippen molar-refractivity contribution in [2.45, 2.75) is 6.54 Å². The molecule has 0 saturated heterocycles. The molecule has 0 bridgehead atoms. The molecule has 1 aromatic rings. The number of hydrogen-bond donors (Lipinski definition) is 1. The average molecular weight is 341 g/mol. The predicted molar refractivity (Wildman–Crippen MR) is 64.0 cm³/mol. The number of aliphatic hydroxyl groups excluding tert-OH is 1. The highest BCUT2D eigenvalue weighted by Gasteiger charge is 2.02. The van der Waals surface area contributed by atoms with Crippen LogP contribution in [0.25, 0.3) is 0 Å². The van der Waals surface area contributed by atoms with Crippen molar-refractivity contribution in [1.29, 1.82) is 0 Å². The lowest BCUT2D eigenvalue weighted by atomic mass is 10.4. The van der Waals surface area contributed by atoms with Crippen molar-refractivity contribution in [3.63, 3.8) is 0 Å². The van der Waals surface area contributed by atoms with Crippen molar-refractivity contribution in [2.75, 3.05) is 19.8 Å². The Morgan fingerprint density at radius 3 is 2.80 bits per heavy atom. The predicted octanol–water partition coefficient (Wildman–Crippen LogP) is 1.38. The Bertz CT molecular complexity index is 378. The third kappa shape index (κ3) is 4.06. The van der Waals surface area contributed by atoms with Gasteiger partial charge in [-0.15, -0.1) is 0 Å². The highest BCUT2D eigenvalue weighted by molar-refractivity contribution is 9.11. The number of aliphatic hydroxyl groups is 1. The lowest BCUT2D eigenvalue weighted by Gasteiger charge is -2.07. The molecule has 1 N–H and O–H groups in total. The van der Waals surface area contributed by atoms with Crippen LogP contribution in [0.2, 0.25) is 0 Å². The number of ether oxygens (including phenoxy) is 1. The number of hydrogen-bond acceptors (Lipinski definition) is 3. The molecule has 0 atom stereocenters. The Morgan fingerprint density at radius 1 is 1.40 bits per heavy atom. The maximum atomic E-state index is 11.6. The quantitative estimate of drug-likeness (QED) is 0.824. The molecule has 15 heavy (non-hydrogen) atoms. The van der Waals surface area contributed by atoms with Gasteiger partial charge in [-0.25, -0.2) is 0 Å². The maximum Gasteiger partial charge on any atom is 0.264 e. The number of nitrogens with zero attached hydrogens (tertiary/aromatic N) is 1.